The number of halogens is 1. The van der Waals surface area contributed by atoms with Crippen LogP contribution in [-0.4, -0.2) is 25.5 Å². The molecule has 1 aliphatic heterocycles. The van der Waals surface area contributed by atoms with Crippen molar-refractivity contribution in [3.8, 4) is 0 Å². The molecular formula is C15H17ClN6O2. The molecule has 0 aromatic carbocycles. The van der Waals surface area contributed by atoms with Crippen molar-refractivity contribution in [2.45, 2.75) is 37.8 Å². The number of carbonyl (C=O) groups is 1. The number of carbonyl (C=O) groups excluding carboxylic acids is 1. The van der Waals surface area contributed by atoms with Gasteiger partial charge in [-0.05, 0) is 31.7 Å². The van der Waals surface area contributed by atoms with E-state index in [4.69, 9.17) is 11.6 Å². The molecule has 0 saturated heterocycles. The van der Waals surface area contributed by atoms with Gasteiger partial charge in [0.15, 0.2) is 5.82 Å². The van der Waals surface area contributed by atoms with E-state index in [1.807, 2.05) is 0 Å². The van der Waals surface area contributed by atoms with Gasteiger partial charge in [0.2, 0.25) is 0 Å². The third-order valence-corrected chi connectivity index (χ3v) is 4.97. The maximum atomic E-state index is 13.0. The highest BCUT2D eigenvalue weighted by Crippen LogP contribution is 2.38. The number of hydrogen-bond donors (Lipinski definition) is 2. The molecule has 4 rings (SSSR count). The van der Waals surface area contributed by atoms with E-state index in [0.29, 0.717) is 5.82 Å². The Kier molecular flexibility index (Phi) is 3.38. The number of hydrogen-bond acceptors (Lipinski definition) is 5. The van der Waals surface area contributed by atoms with E-state index in [1.165, 1.54) is 21.6 Å². The predicted octanol–water partition coefficient (Wildman–Crippen LogP) is 1.73. The van der Waals surface area contributed by atoms with Gasteiger partial charge in [0, 0.05) is 7.05 Å². The Hall–Kier alpha value is -2.35. The second-order valence-electron chi connectivity index (χ2n) is 6.29. The van der Waals surface area contributed by atoms with E-state index in [0.717, 1.165) is 32.1 Å². The van der Waals surface area contributed by atoms with Gasteiger partial charge in [0.25, 0.3) is 11.5 Å². The number of rotatable bonds is 2. The average molecular weight is 349 g/mol. The third-order valence-electron chi connectivity index (χ3n) is 4.69. The number of aromatic nitrogens is 4. The Balaban J connectivity index is 1.85. The molecule has 126 valence electrons. The van der Waals surface area contributed by atoms with Crippen LogP contribution in [0.25, 0.3) is 0 Å². The van der Waals surface area contributed by atoms with E-state index in [1.54, 1.807) is 7.05 Å². The molecule has 8 nitrogen and oxygen atoms in total. The summed E-state index contributed by atoms with van der Waals surface area (Å²) >= 11 is 6.31. The number of nitrogens with zero attached hydrogens (tertiary/aromatic N) is 4. The second-order valence-corrected chi connectivity index (χ2v) is 6.69. The number of pyridine rings is 1. The first kappa shape index (κ1) is 15.2. The molecule has 0 bridgehead atoms. The Morgan fingerprint density at radius 1 is 1.29 bits per heavy atom. The summed E-state index contributed by atoms with van der Waals surface area (Å²) in [5, 5.41) is 14.3. The molecule has 0 unspecified atom stereocenters. The zero-order valence-electron chi connectivity index (χ0n) is 13.2. The summed E-state index contributed by atoms with van der Waals surface area (Å²) < 4.78 is 1.54. The number of fused-ring (bicyclic) bond motifs is 2. The summed E-state index contributed by atoms with van der Waals surface area (Å²) in [4.78, 5) is 26.8. The Morgan fingerprint density at radius 2 is 2.04 bits per heavy atom. The van der Waals surface area contributed by atoms with Crippen LogP contribution in [-0.2, 0) is 12.7 Å². The highest BCUT2D eigenvalue weighted by Gasteiger charge is 2.45. The van der Waals surface area contributed by atoms with Gasteiger partial charge >= 0.3 is 0 Å². The highest BCUT2D eigenvalue weighted by atomic mass is 35.5. The van der Waals surface area contributed by atoms with Crippen LogP contribution in [0.2, 0.25) is 5.02 Å². The van der Waals surface area contributed by atoms with Crippen molar-refractivity contribution in [1.29, 1.82) is 0 Å². The smallest absolute Gasteiger partial charge is 0.276 e. The molecule has 0 atom stereocenters. The summed E-state index contributed by atoms with van der Waals surface area (Å²) in [5.74, 6) is 0.159. The SMILES string of the molecule is Cn1ncc(Nc2cc(Cl)c3n(c2=O)C2(CCCCC2)NC3=O)n1. The molecule has 0 radical (unpaired) electrons. The summed E-state index contributed by atoms with van der Waals surface area (Å²) in [6.45, 7) is 0. The molecule has 1 spiro atoms. The lowest BCUT2D eigenvalue weighted by Gasteiger charge is -2.35. The number of aryl methyl sites for hydroxylation is 1. The second kappa shape index (κ2) is 5.34. The molecule has 24 heavy (non-hydrogen) atoms. The van der Waals surface area contributed by atoms with Gasteiger partial charge < -0.3 is 10.6 Å². The molecule has 2 aliphatic rings. The third kappa shape index (κ3) is 2.21. The van der Waals surface area contributed by atoms with Crippen LogP contribution in [0, 0.1) is 0 Å². The van der Waals surface area contributed by atoms with Crippen LogP contribution < -0.4 is 16.2 Å². The fraction of sp³-hybridized carbons (Fsp3) is 0.467. The molecular weight excluding hydrogens is 332 g/mol. The topological polar surface area (TPSA) is 93.8 Å². The quantitative estimate of drug-likeness (QED) is 0.862. The van der Waals surface area contributed by atoms with Crippen molar-refractivity contribution in [1.82, 2.24) is 24.9 Å². The lowest BCUT2D eigenvalue weighted by Crippen LogP contribution is -2.48. The summed E-state index contributed by atoms with van der Waals surface area (Å²) in [7, 11) is 1.69. The first-order chi connectivity index (χ1) is 11.5. The first-order valence-electron chi connectivity index (χ1n) is 7.92. The van der Waals surface area contributed by atoms with Crippen molar-refractivity contribution >= 4 is 29.0 Å². The maximum Gasteiger partial charge on any atom is 0.276 e. The minimum Gasteiger partial charge on any atom is -0.333 e. The van der Waals surface area contributed by atoms with Gasteiger partial charge in [-0.2, -0.15) is 9.90 Å². The van der Waals surface area contributed by atoms with Gasteiger partial charge in [-0.3, -0.25) is 14.2 Å². The van der Waals surface area contributed by atoms with Crippen molar-refractivity contribution in [2.75, 3.05) is 5.32 Å². The molecule has 2 N–H and O–H groups in total. The van der Waals surface area contributed by atoms with E-state index < -0.39 is 5.66 Å². The van der Waals surface area contributed by atoms with Gasteiger partial charge in [0.05, 0.1) is 11.2 Å². The Morgan fingerprint density at radius 3 is 2.71 bits per heavy atom. The summed E-state index contributed by atoms with van der Waals surface area (Å²) in [6.07, 6.45) is 6.02. The predicted molar refractivity (Wildman–Crippen MR) is 88.5 cm³/mol. The van der Waals surface area contributed by atoms with Crippen LogP contribution >= 0.6 is 11.6 Å². The first-order valence-corrected chi connectivity index (χ1v) is 8.30. The molecule has 1 aliphatic carbocycles. The zero-order valence-corrected chi connectivity index (χ0v) is 13.9. The molecule has 2 aromatic heterocycles. The van der Waals surface area contributed by atoms with E-state index in [9.17, 15) is 9.59 Å². The van der Waals surface area contributed by atoms with Crippen LogP contribution in [0.1, 0.15) is 42.6 Å². The van der Waals surface area contributed by atoms with Gasteiger partial charge in [-0.25, -0.2) is 0 Å². The molecule has 1 saturated carbocycles. The van der Waals surface area contributed by atoms with Crippen molar-refractivity contribution in [2.24, 2.45) is 7.05 Å². The average Bonchev–Trinajstić information content (AvgIpc) is 3.07. The normalized spacial score (nSPS) is 18.5. The largest absolute Gasteiger partial charge is 0.333 e. The summed E-state index contributed by atoms with van der Waals surface area (Å²) in [6, 6.07) is 1.48. The molecule has 1 fully saturated rings. The Bertz CT molecular complexity index is 881. The fourth-order valence-corrected chi connectivity index (χ4v) is 3.93. The molecule has 1 amide bonds. The zero-order chi connectivity index (χ0) is 16.9. The van der Waals surface area contributed by atoms with Gasteiger partial charge in [-0.1, -0.05) is 18.0 Å². The number of nitrogens with one attached hydrogen (secondary N) is 2. The van der Waals surface area contributed by atoms with E-state index >= 15 is 0 Å². The van der Waals surface area contributed by atoms with E-state index in [2.05, 4.69) is 20.8 Å². The summed E-state index contributed by atoms with van der Waals surface area (Å²) in [5.41, 5.74) is -0.412. The van der Waals surface area contributed by atoms with Crippen molar-refractivity contribution in [3.63, 3.8) is 0 Å². The van der Waals surface area contributed by atoms with Gasteiger partial charge in [-0.15, -0.1) is 5.10 Å². The minimum atomic E-state index is -0.661. The lowest BCUT2D eigenvalue weighted by atomic mass is 9.89. The van der Waals surface area contributed by atoms with Crippen LogP contribution in [0.5, 0.6) is 0 Å². The maximum absolute atomic E-state index is 13.0. The minimum absolute atomic E-state index is 0.244. The van der Waals surface area contributed by atoms with Crippen molar-refractivity contribution in [3.05, 3.63) is 33.3 Å². The van der Waals surface area contributed by atoms with Gasteiger partial charge in [0.1, 0.15) is 17.0 Å². The highest BCUT2D eigenvalue weighted by molar-refractivity contribution is 6.34. The molecule has 2 aromatic rings. The van der Waals surface area contributed by atoms with Crippen LogP contribution in [0.4, 0.5) is 11.5 Å². The lowest BCUT2D eigenvalue weighted by molar-refractivity contribution is 0.0877. The standard InChI is InChI=1S/C15H17ClN6O2/c1-21-17-8-11(20-21)18-10-7-9(16)12-13(23)19-15(22(12)14(10)24)5-3-2-4-6-15/h7-8H,2-6H2,1H3,(H,18,20)(H,19,23). The Labute approximate surface area is 142 Å². The molecule has 9 heteroatoms. The fourth-order valence-electron chi connectivity index (χ4n) is 3.65. The van der Waals surface area contributed by atoms with E-state index in [-0.39, 0.29) is 27.9 Å². The van der Waals surface area contributed by atoms with Crippen LogP contribution in [0.3, 0.4) is 0 Å². The van der Waals surface area contributed by atoms with Crippen LogP contribution in [0.15, 0.2) is 17.1 Å². The monoisotopic (exact) mass is 348 g/mol. The van der Waals surface area contributed by atoms with Crippen molar-refractivity contribution < 1.29 is 4.79 Å². The number of anilines is 2. The number of amides is 1. The molecule has 3 heterocycles.